The Morgan fingerprint density at radius 3 is 3.11 bits per heavy atom. The van der Waals surface area contributed by atoms with Gasteiger partial charge in [0.2, 0.25) is 0 Å². The molecule has 5 atom stereocenters. The first kappa shape index (κ1) is 11.4. The first-order valence-electron chi connectivity index (χ1n) is 7.13. The van der Waals surface area contributed by atoms with Gasteiger partial charge in [0, 0.05) is 18.3 Å². The van der Waals surface area contributed by atoms with E-state index in [0.29, 0.717) is 12.5 Å². The average molecular weight is 250 g/mol. The van der Waals surface area contributed by atoms with Crippen molar-refractivity contribution in [1.29, 1.82) is 0 Å². The largest absolute Gasteiger partial charge is 0.373 e. The second-order valence-corrected chi connectivity index (χ2v) is 7.15. The van der Waals surface area contributed by atoms with E-state index in [-0.39, 0.29) is 16.9 Å². The second kappa shape index (κ2) is 3.20. The molecule has 3 heteroatoms. The van der Waals surface area contributed by atoms with Crippen LogP contribution in [0.1, 0.15) is 39.5 Å². The van der Waals surface area contributed by atoms with Crippen LogP contribution in [-0.4, -0.2) is 30.2 Å². The molecule has 1 spiro atoms. The van der Waals surface area contributed by atoms with Crippen LogP contribution in [-0.2, 0) is 9.47 Å². The van der Waals surface area contributed by atoms with E-state index in [4.69, 9.17) is 9.47 Å². The van der Waals surface area contributed by atoms with Gasteiger partial charge in [-0.05, 0) is 31.1 Å². The molecule has 2 aliphatic carbocycles. The molecule has 3 nitrogen and oxygen atoms in total. The molecular weight excluding hydrogens is 228 g/mol. The zero-order chi connectivity index (χ0) is 12.6. The van der Waals surface area contributed by atoms with E-state index < -0.39 is 5.79 Å². The minimum Gasteiger partial charge on any atom is -0.373 e. The summed E-state index contributed by atoms with van der Waals surface area (Å²) in [4.78, 5) is 0. The van der Waals surface area contributed by atoms with Crippen molar-refractivity contribution in [3.05, 3.63) is 11.6 Å². The maximum atomic E-state index is 10.5. The van der Waals surface area contributed by atoms with Gasteiger partial charge in [-0.25, -0.2) is 0 Å². The third-order valence-corrected chi connectivity index (χ3v) is 6.27. The zero-order valence-corrected chi connectivity index (χ0v) is 11.2. The van der Waals surface area contributed by atoms with Crippen molar-refractivity contribution in [2.45, 2.75) is 51.4 Å². The second-order valence-electron chi connectivity index (χ2n) is 7.15. The molecule has 2 saturated heterocycles. The lowest BCUT2D eigenvalue weighted by Crippen LogP contribution is -2.61. The average Bonchev–Trinajstić information content (AvgIpc) is 2.58. The van der Waals surface area contributed by atoms with E-state index in [9.17, 15) is 5.11 Å². The SMILES string of the molecule is CC1=C[C@@H]2OC[C@@H]3C[C@@]4(O)C[C@]3(C)[C@]2(CC1)CO4. The number of allylic oxidation sites excluding steroid dienone is 1. The number of aliphatic hydroxyl groups is 1. The van der Waals surface area contributed by atoms with Crippen molar-refractivity contribution in [2.24, 2.45) is 16.7 Å². The first-order chi connectivity index (χ1) is 8.48. The molecule has 0 amide bonds. The Hall–Kier alpha value is -0.380. The molecule has 0 aromatic rings. The number of fused-ring (bicyclic) bond motifs is 1. The summed E-state index contributed by atoms with van der Waals surface area (Å²) in [6.07, 6.45) is 6.32. The topological polar surface area (TPSA) is 38.7 Å². The summed E-state index contributed by atoms with van der Waals surface area (Å²) >= 11 is 0. The fourth-order valence-electron chi connectivity index (χ4n) is 5.02. The molecular formula is C15H22O3. The highest BCUT2D eigenvalue weighted by molar-refractivity contribution is 5.23. The molecule has 0 radical (unpaired) electrons. The Labute approximate surface area is 108 Å². The molecule has 3 fully saturated rings. The lowest BCUT2D eigenvalue weighted by atomic mass is 9.52. The fraction of sp³-hybridized carbons (Fsp3) is 0.867. The maximum Gasteiger partial charge on any atom is 0.166 e. The van der Waals surface area contributed by atoms with E-state index in [0.717, 1.165) is 32.3 Å². The quantitative estimate of drug-likeness (QED) is 0.670. The molecule has 2 aliphatic heterocycles. The van der Waals surface area contributed by atoms with Crippen LogP contribution in [0.2, 0.25) is 0 Å². The van der Waals surface area contributed by atoms with Gasteiger partial charge in [0.05, 0.1) is 19.3 Å². The van der Waals surface area contributed by atoms with Gasteiger partial charge < -0.3 is 14.6 Å². The lowest BCUT2D eigenvalue weighted by molar-refractivity contribution is -0.285. The highest BCUT2D eigenvalue weighted by Gasteiger charge is 2.69. The predicted octanol–water partition coefficient (Wildman–Crippen LogP) is 2.25. The summed E-state index contributed by atoms with van der Waals surface area (Å²) in [5.41, 5.74) is 1.71. The molecule has 4 rings (SSSR count). The van der Waals surface area contributed by atoms with Crippen molar-refractivity contribution in [1.82, 2.24) is 0 Å². The standard InChI is InChI=1S/C15H22O3/c1-10-3-4-14-9-18-15(16)6-11(13(14,2)8-15)7-17-12(14)5-10/h5,11-12,16H,3-4,6-9H2,1-2H3/t11-,12-,13-,14+,15-/m0/s1. The van der Waals surface area contributed by atoms with E-state index in [1.165, 1.54) is 5.57 Å². The molecule has 2 heterocycles. The van der Waals surface area contributed by atoms with Gasteiger partial charge in [-0.15, -0.1) is 0 Å². The van der Waals surface area contributed by atoms with Crippen molar-refractivity contribution in [3.63, 3.8) is 0 Å². The summed E-state index contributed by atoms with van der Waals surface area (Å²) < 4.78 is 12.0. The minimum atomic E-state index is -0.876. The van der Waals surface area contributed by atoms with Crippen LogP contribution in [0.3, 0.4) is 0 Å². The highest BCUT2D eigenvalue weighted by Crippen LogP contribution is 2.68. The maximum absolute atomic E-state index is 10.5. The summed E-state index contributed by atoms with van der Waals surface area (Å²) in [7, 11) is 0. The van der Waals surface area contributed by atoms with Crippen molar-refractivity contribution >= 4 is 0 Å². The molecule has 2 bridgehead atoms. The van der Waals surface area contributed by atoms with Gasteiger partial charge in [-0.3, -0.25) is 0 Å². The first-order valence-corrected chi connectivity index (χ1v) is 7.13. The molecule has 18 heavy (non-hydrogen) atoms. The summed E-state index contributed by atoms with van der Waals surface area (Å²) in [5.74, 6) is -0.424. The fourth-order valence-corrected chi connectivity index (χ4v) is 5.02. The van der Waals surface area contributed by atoms with Crippen LogP contribution < -0.4 is 0 Å². The van der Waals surface area contributed by atoms with Crippen molar-refractivity contribution in [2.75, 3.05) is 13.2 Å². The Morgan fingerprint density at radius 2 is 2.28 bits per heavy atom. The lowest BCUT2D eigenvalue weighted by Gasteiger charge is -2.59. The zero-order valence-electron chi connectivity index (χ0n) is 11.2. The smallest absolute Gasteiger partial charge is 0.166 e. The third-order valence-electron chi connectivity index (χ3n) is 6.27. The molecule has 0 aromatic heterocycles. The Bertz CT molecular complexity index is 431. The summed E-state index contributed by atoms with van der Waals surface area (Å²) in [5, 5.41) is 10.5. The normalized spacial score (nSPS) is 58.1. The van der Waals surface area contributed by atoms with Gasteiger partial charge in [0.15, 0.2) is 5.79 Å². The molecule has 1 saturated carbocycles. The summed E-state index contributed by atoms with van der Waals surface area (Å²) in [6, 6.07) is 0. The minimum absolute atomic E-state index is 0.0954. The highest BCUT2D eigenvalue weighted by atomic mass is 16.6. The van der Waals surface area contributed by atoms with Crippen molar-refractivity contribution < 1.29 is 14.6 Å². The number of ether oxygens (including phenoxy) is 2. The van der Waals surface area contributed by atoms with Crippen LogP contribution in [0.4, 0.5) is 0 Å². The number of hydrogen-bond donors (Lipinski definition) is 1. The Morgan fingerprint density at radius 1 is 1.44 bits per heavy atom. The van der Waals surface area contributed by atoms with Gasteiger partial charge in [-0.2, -0.15) is 0 Å². The van der Waals surface area contributed by atoms with Crippen LogP contribution >= 0.6 is 0 Å². The van der Waals surface area contributed by atoms with Crippen molar-refractivity contribution in [3.8, 4) is 0 Å². The number of rotatable bonds is 0. The Kier molecular flexibility index (Phi) is 2.03. The summed E-state index contributed by atoms with van der Waals surface area (Å²) in [6.45, 7) is 5.99. The third kappa shape index (κ3) is 1.16. The molecule has 0 unspecified atom stereocenters. The molecule has 0 aromatic carbocycles. The molecule has 100 valence electrons. The van der Waals surface area contributed by atoms with Gasteiger partial charge in [0.1, 0.15) is 0 Å². The monoisotopic (exact) mass is 250 g/mol. The number of hydrogen-bond acceptors (Lipinski definition) is 3. The molecule has 1 N–H and O–H groups in total. The van der Waals surface area contributed by atoms with E-state index >= 15 is 0 Å². The van der Waals surface area contributed by atoms with E-state index in [1.807, 2.05) is 0 Å². The van der Waals surface area contributed by atoms with Crippen LogP contribution in [0.25, 0.3) is 0 Å². The van der Waals surface area contributed by atoms with Gasteiger partial charge in [0.25, 0.3) is 0 Å². The van der Waals surface area contributed by atoms with Gasteiger partial charge >= 0.3 is 0 Å². The van der Waals surface area contributed by atoms with Crippen LogP contribution in [0.15, 0.2) is 11.6 Å². The van der Waals surface area contributed by atoms with Crippen LogP contribution in [0.5, 0.6) is 0 Å². The Balaban J connectivity index is 1.83. The molecule has 4 aliphatic rings. The van der Waals surface area contributed by atoms with Crippen LogP contribution in [0, 0.1) is 16.7 Å². The van der Waals surface area contributed by atoms with E-state index in [2.05, 4.69) is 19.9 Å². The predicted molar refractivity (Wildman–Crippen MR) is 66.9 cm³/mol. The van der Waals surface area contributed by atoms with Gasteiger partial charge in [-0.1, -0.05) is 18.6 Å². The van der Waals surface area contributed by atoms with E-state index in [1.54, 1.807) is 0 Å².